The Morgan fingerprint density at radius 1 is 1.08 bits per heavy atom. The number of fused-ring (bicyclic) bond motifs is 1. The van der Waals surface area contributed by atoms with Crippen LogP contribution in [0.2, 0.25) is 0 Å². The largest absolute Gasteiger partial charge is 0.444 e. The molecule has 1 amide bonds. The Morgan fingerprint density at radius 2 is 1.77 bits per heavy atom. The molecule has 4 heteroatoms. The summed E-state index contributed by atoms with van der Waals surface area (Å²) in [4.78, 5) is 27.0. The maximum atomic E-state index is 13.0. The summed E-state index contributed by atoms with van der Waals surface area (Å²) >= 11 is 0. The number of likely N-dealkylation sites (tertiary alicyclic amines) is 1. The second-order valence-electron chi connectivity index (χ2n) is 8.20. The monoisotopic (exact) mass is 353 g/mol. The van der Waals surface area contributed by atoms with Gasteiger partial charge in [0, 0.05) is 24.6 Å². The first kappa shape index (κ1) is 18.4. The number of amides is 1. The van der Waals surface area contributed by atoms with Gasteiger partial charge in [-0.1, -0.05) is 35.9 Å². The highest BCUT2D eigenvalue weighted by Gasteiger charge is 2.31. The minimum atomic E-state index is -0.523. The predicted molar refractivity (Wildman–Crippen MR) is 104 cm³/mol. The number of benzene rings is 2. The van der Waals surface area contributed by atoms with Gasteiger partial charge in [0.05, 0.1) is 0 Å². The van der Waals surface area contributed by atoms with Crippen LogP contribution in [-0.2, 0) is 4.74 Å². The molecule has 1 aliphatic rings. The van der Waals surface area contributed by atoms with Crippen molar-refractivity contribution in [3.05, 3.63) is 47.5 Å². The number of hydrogen-bond donors (Lipinski definition) is 0. The van der Waals surface area contributed by atoms with Crippen LogP contribution in [0.4, 0.5) is 4.79 Å². The summed E-state index contributed by atoms with van der Waals surface area (Å²) in [5.41, 5.74) is 1.40. The van der Waals surface area contributed by atoms with E-state index in [0.717, 1.165) is 29.2 Å². The molecule has 138 valence electrons. The molecule has 0 N–H and O–H groups in total. The van der Waals surface area contributed by atoms with Crippen molar-refractivity contribution < 1.29 is 14.3 Å². The lowest BCUT2D eigenvalue weighted by Gasteiger charge is -2.33. The first-order valence-corrected chi connectivity index (χ1v) is 9.25. The van der Waals surface area contributed by atoms with Gasteiger partial charge in [0.1, 0.15) is 5.60 Å². The van der Waals surface area contributed by atoms with Gasteiger partial charge in [-0.05, 0) is 57.4 Å². The van der Waals surface area contributed by atoms with Crippen molar-refractivity contribution in [1.82, 2.24) is 4.90 Å². The minimum absolute atomic E-state index is 0.112. The summed E-state index contributed by atoms with van der Waals surface area (Å²) in [5, 5.41) is 2.21. The normalized spacial score (nSPS) is 18.0. The number of ketones is 1. The van der Waals surface area contributed by atoms with E-state index < -0.39 is 5.60 Å². The standard InChI is InChI=1S/C22H27NO3/c1-15-7-8-17-13-18(10-9-16(17)12-15)20(24)19-6-5-11-23(14-19)21(25)26-22(2,3)4/h7-10,12-13,19H,5-6,11,14H2,1-4H3. The highest BCUT2D eigenvalue weighted by molar-refractivity contribution is 6.01. The van der Waals surface area contributed by atoms with Crippen LogP contribution in [0.5, 0.6) is 0 Å². The van der Waals surface area contributed by atoms with Crippen molar-refractivity contribution in [3.8, 4) is 0 Å². The second-order valence-corrected chi connectivity index (χ2v) is 8.20. The van der Waals surface area contributed by atoms with E-state index in [2.05, 4.69) is 25.1 Å². The van der Waals surface area contributed by atoms with Gasteiger partial charge in [0.25, 0.3) is 0 Å². The van der Waals surface area contributed by atoms with E-state index in [1.165, 1.54) is 5.56 Å². The fraction of sp³-hybridized carbons (Fsp3) is 0.455. The Morgan fingerprint density at radius 3 is 2.50 bits per heavy atom. The van der Waals surface area contributed by atoms with E-state index >= 15 is 0 Å². The van der Waals surface area contributed by atoms with Crippen LogP contribution >= 0.6 is 0 Å². The second kappa shape index (κ2) is 7.10. The fourth-order valence-corrected chi connectivity index (χ4v) is 3.44. The van der Waals surface area contributed by atoms with Gasteiger partial charge in [0.2, 0.25) is 0 Å². The highest BCUT2D eigenvalue weighted by Crippen LogP contribution is 2.25. The third kappa shape index (κ3) is 4.24. The van der Waals surface area contributed by atoms with Crippen molar-refractivity contribution in [2.75, 3.05) is 13.1 Å². The van der Waals surface area contributed by atoms with E-state index in [1.54, 1.807) is 4.90 Å². The number of Topliss-reactive ketones (excluding diaryl/α,β-unsaturated/α-hetero) is 1. The predicted octanol–water partition coefficient (Wildman–Crippen LogP) is 4.98. The Kier molecular flexibility index (Phi) is 5.03. The summed E-state index contributed by atoms with van der Waals surface area (Å²) in [6, 6.07) is 12.1. The molecule has 1 atom stereocenters. The van der Waals surface area contributed by atoms with Gasteiger partial charge < -0.3 is 9.64 Å². The zero-order chi connectivity index (χ0) is 18.9. The van der Waals surface area contributed by atoms with E-state index in [9.17, 15) is 9.59 Å². The number of rotatable bonds is 2. The van der Waals surface area contributed by atoms with Crippen molar-refractivity contribution in [1.29, 1.82) is 0 Å². The van der Waals surface area contributed by atoms with Crippen molar-refractivity contribution in [2.24, 2.45) is 5.92 Å². The average Bonchev–Trinajstić information content (AvgIpc) is 2.59. The molecule has 4 nitrogen and oxygen atoms in total. The van der Waals surface area contributed by atoms with Crippen molar-refractivity contribution in [3.63, 3.8) is 0 Å². The Bertz CT molecular complexity index is 835. The fourth-order valence-electron chi connectivity index (χ4n) is 3.44. The Balaban J connectivity index is 1.75. The third-order valence-corrected chi connectivity index (χ3v) is 4.72. The number of nitrogens with zero attached hydrogens (tertiary/aromatic N) is 1. The number of carbonyl (C=O) groups is 2. The van der Waals surface area contributed by atoms with E-state index in [1.807, 2.05) is 39.0 Å². The van der Waals surface area contributed by atoms with Crippen molar-refractivity contribution in [2.45, 2.75) is 46.1 Å². The summed E-state index contributed by atoms with van der Waals surface area (Å²) in [5.74, 6) is -0.0556. The van der Waals surface area contributed by atoms with Crippen LogP contribution in [-0.4, -0.2) is 35.5 Å². The zero-order valence-corrected chi connectivity index (χ0v) is 16.0. The smallest absolute Gasteiger partial charge is 0.410 e. The maximum absolute atomic E-state index is 13.0. The van der Waals surface area contributed by atoms with Crippen LogP contribution in [0, 0.1) is 12.8 Å². The molecule has 0 bridgehead atoms. The molecular weight excluding hydrogens is 326 g/mol. The maximum Gasteiger partial charge on any atom is 0.410 e. The molecule has 0 aliphatic carbocycles. The summed E-state index contributed by atoms with van der Waals surface area (Å²) in [6.45, 7) is 8.71. The first-order valence-electron chi connectivity index (χ1n) is 9.25. The number of hydrogen-bond acceptors (Lipinski definition) is 3. The molecule has 2 aromatic carbocycles. The Labute approximate surface area is 155 Å². The number of aryl methyl sites for hydroxylation is 1. The number of ether oxygens (including phenoxy) is 1. The van der Waals surface area contributed by atoms with Crippen LogP contribution in [0.3, 0.4) is 0 Å². The minimum Gasteiger partial charge on any atom is -0.444 e. The van der Waals surface area contributed by atoms with E-state index in [0.29, 0.717) is 13.1 Å². The molecule has 2 aromatic rings. The van der Waals surface area contributed by atoms with Crippen LogP contribution in [0.15, 0.2) is 36.4 Å². The van der Waals surface area contributed by atoms with Crippen LogP contribution in [0.1, 0.15) is 49.5 Å². The zero-order valence-electron chi connectivity index (χ0n) is 16.0. The van der Waals surface area contributed by atoms with Gasteiger partial charge in [-0.3, -0.25) is 4.79 Å². The molecule has 3 rings (SSSR count). The molecule has 1 aliphatic heterocycles. The quantitative estimate of drug-likeness (QED) is 0.716. The molecule has 0 saturated carbocycles. The molecule has 0 spiro atoms. The van der Waals surface area contributed by atoms with E-state index in [4.69, 9.17) is 4.74 Å². The van der Waals surface area contributed by atoms with Gasteiger partial charge in [-0.2, -0.15) is 0 Å². The lowest BCUT2D eigenvalue weighted by atomic mass is 9.89. The van der Waals surface area contributed by atoms with E-state index in [-0.39, 0.29) is 17.8 Å². The summed E-state index contributed by atoms with van der Waals surface area (Å²) in [6.07, 6.45) is 1.30. The molecular formula is C22H27NO3. The average molecular weight is 353 g/mol. The highest BCUT2D eigenvalue weighted by atomic mass is 16.6. The van der Waals surface area contributed by atoms with Gasteiger partial charge in [-0.15, -0.1) is 0 Å². The molecule has 26 heavy (non-hydrogen) atoms. The van der Waals surface area contributed by atoms with Gasteiger partial charge in [-0.25, -0.2) is 4.79 Å². The summed E-state index contributed by atoms with van der Waals surface area (Å²) in [7, 11) is 0. The van der Waals surface area contributed by atoms with Crippen LogP contribution < -0.4 is 0 Å². The number of carbonyl (C=O) groups excluding carboxylic acids is 2. The lowest BCUT2D eigenvalue weighted by molar-refractivity contribution is 0.0172. The SMILES string of the molecule is Cc1ccc2cc(C(=O)C3CCCN(C(=O)OC(C)(C)C)C3)ccc2c1. The van der Waals surface area contributed by atoms with Gasteiger partial charge >= 0.3 is 6.09 Å². The number of piperidine rings is 1. The Hall–Kier alpha value is -2.36. The van der Waals surface area contributed by atoms with Gasteiger partial charge in [0.15, 0.2) is 5.78 Å². The lowest BCUT2D eigenvalue weighted by Crippen LogP contribution is -2.44. The topological polar surface area (TPSA) is 46.6 Å². The van der Waals surface area contributed by atoms with Crippen molar-refractivity contribution >= 4 is 22.6 Å². The molecule has 1 heterocycles. The third-order valence-electron chi connectivity index (χ3n) is 4.72. The van der Waals surface area contributed by atoms with Crippen LogP contribution in [0.25, 0.3) is 10.8 Å². The molecule has 0 aromatic heterocycles. The summed E-state index contributed by atoms with van der Waals surface area (Å²) < 4.78 is 5.46. The molecule has 1 fully saturated rings. The molecule has 1 unspecified atom stereocenters. The molecule has 0 radical (unpaired) electrons. The molecule has 1 saturated heterocycles. The first-order chi connectivity index (χ1) is 12.2.